The van der Waals surface area contributed by atoms with E-state index in [0.29, 0.717) is 25.3 Å². The molecule has 0 unspecified atom stereocenters. The van der Waals surface area contributed by atoms with Crippen molar-refractivity contribution in [3.05, 3.63) is 38.9 Å². The van der Waals surface area contributed by atoms with Gasteiger partial charge >= 0.3 is 0 Å². The van der Waals surface area contributed by atoms with Gasteiger partial charge in [0.1, 0.15) is 0 Å². The number of amides is 1. The summed E-state index contributed by atoms with van der Waals surface area (Å²) in [6.07, 6.45) is 0.0922. The second-order valence-corrected chi connectivity index (χ2v) is 4.71. The van der Waals surface area contributed by atoms with Crippen LogP contribution in [0.25, 0.3) is 0 Å². The van der Waals surface area contributed by atoms with Crippen LogP contribution in [0.5, 0.6) is 0 Å². The fourth-order valence-corrected chi connectivity index (χ4v) is 1.86. The molecule has 0 atom stereocenters. The quantitative estimate of drug-likeness (QED) is 0.400. The third-order valence-corrected chi connectivity index (χ3v) is 3.06. The summed E-state index contributed by atoms with van der Waals surface area (Å²) in [4.78, 5) is 21.8. The molecule has 0 saturated heterocycles. The van der Waals surface area contributed by atoms with Crippen LogP contribution in [0.15, 0.2) is 18.2 Å². The topological polar surface area (TPSA) is 93.5 Å². The summed E-state index contributed by atoms with van der Waals surface area (Å²) >= 11 is 5.93. The van der Waals surface area contributed by atoms with Crippen molar-refractivity contribution in [1.29, 1.82) is 0 Å². The van der Waals surface area contributed by atoms with Gasteiger partial charge in [-0.25, -0.2) is 0 Å². The Morgan fingerprint density at radius 1 is 1.36 bits per heavy atom. The van der Waals surface area contributed by atoms with Crippen molar-refractivity contribution in [1.82, 2.24) is 10.6 Å². The number of benzene rings is 1. The molecule has 0 aliphatic carbocycles. The number of nitro groups is 1. The van der Waals surface area contributed by atoms with Gasteiger partial charge < -0.3 is 15.4 Å². The molecule has 0 aromatic heterocycles. The van der Waals surface area contributed by atoms with E-state index < -0.39 is 4.92 Å². The van der Waals surface area contributed by atoms with Crippen molar-refractivity contribution < 1.29 is 14.5 Å². The molecule has 1 aromatic carbocycles. The lowest BCUT2D eigenvalue weighted by Crippen LogP contribution is -2.33. The second-order valence-electron chi connectivity index (χ2n) is 4.30. The Morgan fingerprint density at radius 3 is 2.68 bits per heavy atom. The number of ether oxygens (including phenoxy) is 1. The third-order valence-electron chi connectivity index (χ3n) is 2.71. The van der Waals surface area contributed by atoms with E-state index >= 15 is 0 Å². The highest BCUT2D eigenvalue weighted by Crippen LogP contribution is 2.22. The maximum absolute atomic E-state index is 11.7. The van der Waals surface area contributed by atoms with Gasteiger partial charge in [0.25, 0.3) is 5.69 Å². The van der Waals surface area contributed by atoms with E-state index in [0.717, 1.165) is 6.54 Å². The molecule has 124 valence electrons. The van der Waals surface area contributed by atoms with Crippen LogP contribution in [0, 0.1) is 10.1 Å². The number of non-ortho nitro benzene ring substituents is 1. The van der Waals surface area contributed by atoms with Crippen LogP contribution in [0.1, 0.15) is 5.56 Å². The SMILES string of the molecule is COCCNCCNC(=O)Cc1ccc([N+](=O)[O-])cc1Cl.Cl. The molecule has 1 rings (SSSR count). The first-order chi connectivity index (χ1) is 10.0. The van der Waals surface area contributed by atoms with E-state index in [9.17, 15) is 14.9 Å². The zero-order valence-electron chi connectivity index (χ0n) is 12.1. The first kappa shape index (κ1) is 20.6. The monoisotopic (exact) mass is 351 g/mol. The number of hydrogen-bond donors (Lipinski definition) is 2. The summed E-state index contributed by atoms with van der Waals surface area (Å²) in [5.41, 5.74) is 0.471. The molecule has 22 heavy (non-hydrogen) atoms. The summed E-state index contributed by atoms with van der Waals surface area (Å²) in [7, 11) is 1.62. The smallest absolute Gasteiger partial charge is 0.270 e. The molecule has 0 heterocycles. The summed E-state index contributed by atoms with van der Waals surface area (Å²) in [6, 6.07) is 4.08. The van der Waals surface area contributed by atoms with Crippen molar-refractivity contribution in [2.75, 3.05) is 33.4 Å². The van der Waals surface area contributed by atoms with Gasteiger partial charge in [-0.3, -0.25) is 14.9 Å². The van der Waals surface area contributed by atoms with Gasteiger partial charge in [0.05, 0.1) is 23.0 Å². The Balaban J connectivity index is 0.00000441. The van der Waals surface area contributed by atoms with E-state index in [1.54, 1.807) is 7.11 Å². The van der Waals surface area contributed by atoms with E-state index in [1.807, 2.05) is 0 Å². The Hall–Kier alpha value is -1.41. The predicted octanol–water partition coefficient (Wildman–Crippen LogP) is 1.56. The van der Waals surface area contributed by atoms with Gasteiger partial charge in [-0.1, -0.05) is 17.7 Å². The summed E-state index contributed by atoms with van der Waals surface area (Å²) < 4.78 is 4.88. The lowest BCUT2D eigenvalue weighted by Gasteiger charge is -2.07. The first-order valence-electron chi connectivity index (χ1n) is 6.43. The summed E-state index contributed by atoms with van der Waals surface area (Å²) in [5.74, 6) is -0.181. The molecule has 2 N–H and O–H groups in total. The van der Waals surface area contributed by atoms with Crippen LogP contribution in [0.4, 0.5) is 5.69 Å². The Morgan fingerprint density at radius 2 is 2.09 bits per heavy atom. The molecule has 7 nitrogen and oxygen atoms in total. The number of hydrogen-bond acceptors (Lipinski definition) is 5. The maximum Gasteiger partial charge on any atom is 0.270 e. The van der Waals surface area contributed by atoms with Gasteiger partial charge in [0.2, 0.25) is 5.91 Å². The molecule has 0 fully saturated rings. The lowest BCUT2D eigenvalue weighted by molar-refractivity contribution is -0.384. The molecule has 0 radical (unpaired) electrons. The number of nitro benzene ring substituents is 1. The Labute approximate surface area is 139 Å². The standard InChI is InChI=1S/C13H18ClN3O4.ClH/c1-21-7-6-15-4-5-16-13(18)8-10-2-3-11(17(19)20)9-12(10)14;/h2-3,9,15H,4-8H2,1H3,(H,16,18);1H. The maximum atomic E-state index is 11.7. The summed E-state index contributed by atoms with van der Waals surface area (Å²) in [5, 5.41) is 16.6. The molecule has 1 aromatic rings. The minimum absolute atomic E-state index is 0. The average Bonchev–Trinajstić information content (AvgIpc) is 2.44. The number of nitrogens with zero attached hydrogens (tertiary/aromatic N) is 1. The van der Waals surface area contributed by atoms with E-state index in [4.69, 9.17) is 16.3 Å². The van der Waals surface area contributed by atoms with Gasteiger partial charge in [-0.15, -0.1) is 12.4 Å². The van der Waals surface area contributed by atoms with E-state index in [-0.39, 0.29) is 35.4 Å². The second kappa shape index (κ2) is 11.2. The lowest BCUT2D eigenvalue weighted by atomic mass is 10.1. The molecular formula is C13H19Cl2N3O4. The molecule has 0 bridgehead atoms. The Bertz CT molecular complexity index is 500. The molecule has 0 saturated carbocycles. The third kappa shape index (κ3) is 7.56. The van der Waals surface area contributed by atoms with Crippen LogP contribution in [-0.2, 0) is 16.0 Å². The highest BCUT2D eigenvalue weighted by atomic mass is 35.5. The zero-order chi connectivity index (χ0) is 15.7. The highest BCUT2D eigenvalue weighted by molar-refractivity contribution is 6.31. The number of rotatable bonds is 9. The zero-order valence-corrected chi connectivity index (χ0v) is 13.7. The van der Waals surface area contributed by atoms with E-state index in [1.165, 1.54) is 18.2 Å². The molecular weight excluding hydrogens is 333 g/mol. The predicted molar refractivity (Wildman–Crippen MR) is 86.8 cm³/mol. The average molecular weight is 352 g/mol. The number of methoxy groups -OCH3 is 1. The van der Waals surface area contributed by atoms with Crippen molar-refractivity contribution in [3.8, 4) is 0 Å². The van der Waals surface area contributed by atoms with Crippen molar-refractivity contribution >= 4 is 35.6 Å². The fraction of sp³-hybridized carbons (Fsp3) is 0.462. The van der Waals surface area contributed by atoms with Gasteiger partial charge in [0.15, 0.2) is 0 Å². The van der Waals surface area contributed by atoms with Crippen LogP contribution in [0.3, 0.4) is 0 Å². The van der Waals surface area contributed by atoms with Crippen LogP contribution < -0.4 is 10.6 Å². The number of carbonyl (C=O) groups is 1. The molecule has 0 aliphatic heterocycles. The minimum atomic E-state index is -0.526. The normalized spacial score (nSPS) is 9.91. The van der Waals surface area contributed by atoms with Gasteiger partial charge in [-0.2, -0.15) is 0 Å². The molecule has 0 aliphatic rings. The fourth-order valence-electron chi connectivity index (χ4n) is 1.62. The Kier molecular flexibility index (Phi) is 10.5. The van der Waals surface area contributed by atoms with Crippen LogP contribution in [0.2, 0.25) is 5.02 Å². The number of nitrogens with one attached hydrogen (secondary N) is 2. The van der Waals surface area contributed by atoms with Gasteiger partial charge in [-0.05, 0) is 5.56 Å². The van der Waals surface area contributed by atoms with Crippen molar-refractivity contribution in [2.24, 2.45) is 0 Å². The highest BCUT2D eigenvalue weighted by Gasteiger charge is 2.11. The molecule has 0 spiro atoms. The van der Waals surface area contributed by atoms with Crippen LogP contribution in [-0.4, -0.2) is 44.2 Å². The molecule has 9 heteroatoms. The first-order valence-corrected chi connectivity index (χ1v) is 6.81. The van der Waals surface area contributed by atoms with Crippen molar-refractivity contribution in [2.45, 2.75) is 6.42 Å². The summed E-state index contributed by atoms with van der Waals surface area (Å²) in [6.45, 7) is 2.48. The largest absolute Gasteiger partial charge is 0.383 e. The van der Waals surface area contributed by atoms with Crippen molar-refractivity contribution in [3.63, 3.8) is 0 Å². The number of carbonyl (C=O) groups excluding carboxylic acids is 1. The number of halogens is 2. The van der Waals surface area contributed by atoms with E-state index in [2.05, 4.69) is 10.6 Å². The van der Waals surface area contributed by atoms with Gasteiger partial charge in [0, 0.05) is 38.9 Å². The minimum Gasteiger partial charge on any atom is -0.383 e. The molecule has 1 amide bonds. The van der Waals surface area contributed by atoms with Crippen LogP contribution >= 0.6 is 24.0 Å².